The van der Waals surface area contributed by atoms with Crippen molar-refractivity contribution < 1.29 is 14.1 Å². The molecule has 0 unspecified atom stereocenters. The number of hydrogen-bond acceptors (Lipinski definition) is 3. The minimum Gasteiger partial charge on any atom is -0.321 e. The Morgan fingerprint density at radius 1 is 1.29 bits per heavy atom. The lowest BCUT2D eigenvalue weighted by atomic mass is 10.2. The topological polar surface area (TPSA) is 72.2 Å². The summed E-state index contributed by atoms with van der Waals surface area (Å²) < 4.78 is 13.5. The van der Waals surface area contributed by atoms with Crippen LogP contribution in [0.4, 0.5) is 15.8 Å². The summed E-state index contributed by atoms with van der Waals surface area (Å²) in [6, 6.07) is 7.49. The lowest BCUT2D eigenvalue weighted by Crippen LogP contribution is -2.14. The van der Waals surface area contributed by atoms with E-state index in [1.807, 2.05) is 22.6 Å². The smallest absolute Gasteiger partial charge is 0.270 e. The van der Waals surface area contributed by atoms with Crippen LogP contribution in [0.1, 0.15) is 10.4 Å². The summed E-state index contributed by atoms with van der Waals surface area (Å²) >= 11 is 7.71. The first kappa shape index (κ1) is 15.6. The molecule has 108 valence electrons. The predicted octanol–water partition coefficient (Wildman–Crippen LogP) is 4.24. The maximum atomic E-state index is 12.9. The van der Waals surface area contributed by atoms with Gasteiger partial charge in [0.15, 0.2) is 0 Å². The van der Waals surface area contributed by atoms with Crippen molar-refractivity contribution in [3.05, 3.63) is 66.5 Å². The molecule has 8 heteroatoms. The van der Waals surface area contributed by atoms with Crippen molar-refractivity contribution in [3.8, 4) is 0 Å². The number of nitro groups is 1. The standard InChI is InChI=1S/C13H7ClFIN2O3/c14-10-5-7(15)1-4-12(10)17-13(19)9-6-8(18(20)21)2-3-11(9)16/h1-6H,(H,17,19). The van der Waals surface area contributed by atoms with Crippen LogP contribution in [-0.2, 0) is 0 Å². The fourth-order valence-electron chi connectivity index (χ4n) is 1.58. The maximum absolute atomic E-state index is 12.9. The van der Waals surface area contributed by atoms with Gasteiger partial charge in [-0.1, -0.05) is 11.6 Å². The Morgan fingerprint density at radius 3 is 2.62 bits per heavy atom. The van der Waals surface area contributed by atoms with E-state index in [0.29, 0.717) is 3.57 Å². The molecule has 0 atom stereocenters. The first-order valence-corrected chi connectivity index (χ1v) is 7.04. The molecule has 2 rings (SSSR count). The fraction of sp³-hybridized carbons (Fsp3) is 0. The zero-order chi connectivity index (χ0) is 15.6. The van der Waals surface area contributed by atoms with Crippen molar-refractivity contribution in [1.82, 2.24) is 0 Å². The summed E-state index contributed by atoms with van der Waals surface area (Å²) in [5, 5.41) is 13.3. The first-order valence-electron chi connectivity index (χ1n) is 5.59. The van der Waals surface area contributed by atoms with E-state index in [2.05, 4.69) is 5.32 Å². The SMILES string of the molecule is O=C(Nc1ccc(F)cc1Cl)c1cc([N+](=O)[O-])ccc1I. The molecule has 0 radical (unpaired) electrons. The molecule has 0 heterocycles. The van der Waals surface area contributed by atoms with E-state index in [0.717, 1.165) is 12.1 Å². The van der Waals surface area contributed by atoms with Crippen LogP contribution in [0, 0.1) is 19.5 Å². The third-order valence-corrected chi connectivity index (χ3v) is 3.84. The van der Waals surface area contributed by atoms with Crippen molar-refractivity contribution >= 4 is 51.5 Å². The highest BCUT2D eigenvalue weighted by atomic mass is 127. The molecule has 1 N–H and O–H groups in total. The van der Waals surface area contributed by atoms with Gasteiger partial charge < -0.3 is 5.32 Å². The number of carbonyl (C=O) groups is 1. The number of nitro benzene ring substituents is 1. The maximum Gasteiger partial charge on any atom is 0.270 e. The summed E-state index contributed by atoms with van der Waals surface area (Å²) in [4.78, 5) is 22.3. The molecule has 0 saturated heterocycles. The minimum absolute atomic E-state index is 0.0452. The van der Waals surface area contributed by atoms with E-state index in [-0.39, 0.29) is 22.0 Å². The lowest BCUT2D eigenvalue weighted by molar-refractivity contribution is -0.384. The molecule has 0 spiro atoms. The highest BCUT2D eigenvalue weighted by Crippen LogP contribution is 2.25. The predicted molar refractivity (Wildman–Crippen MR) is 85.2 cm³/mol. The molecular weight excluding hydrogens is 414 g/mol. The second-order valence-corrected chi connectivity index (χ2v) is 5.57. The van der Waals surface area contributed by atoms with Crippen LogP contribution in [0.2, 0.25) is 5.02 Å². The highest BCUT2D eigenvalue weighted by Gasteiger charge is 2.16. The van der Waals surface area contributed by atoms with Crippen molar-refractivity contribution in [2.45, 2.75) is 0 Å². The number of amides is 1. The molecule has 0 aliphatic heterocycles. The van der Waals surface area contributed by atoms with Crippen LogP contribution in [0.3, 0.4) is 0 Å². The molecule has 0 fully saturated rings. The van der Waals surface area contributed by atoms with E-state index in [4.69, 9.17) is 11.6 Å². The number of carbonyl (C=O) groups excluding carboxylic acids is 1. The third kappa shape index (κ3) is 3.67. The van der Waals surface area contributed by atoms with E-state index < -0.39 is 16.6 Å². The van der Waals surface area contributed by atoms with Crippen LogP contribution in [0.5, 0.6) is 0 Å². The Hall–Kier alpha value is -1.74. The summed E-state index contributed by atoms with van der Waals surface area (Å²) in [5.41, 5.74) is 0.182. The van der Waals surface area contributed by atoms with Crippen LogP contribution >= 0.6 is 34.2 Å². The van der Waals surface area contributed by atoms with Gasteiger partial charge >= 0.3 is 0 Å². The number of anilines is 1. The number of nitrogens with zero attached hydrogens (tertiary/aromatic N) is 1. The van der Waals surface area contributed by atoms with Crippen LogP contribution in [0.15, 0.2) is 36.4 Å². The summed E-state index contributed by atoms with van der Waals surface area (Å²) in [5.74, 6) is -1.08. The molecule has 0 aromatic heterocycles. The summed E-state index contributed by atoms with van der Waals surface area (Å²) in [6.07, 6.45) is 0. The van der Waals surface area contributed by atoms with E-state index >= 15 is 0 Å². The van der Waals surface area contributed by atoms with Gasteiger partial charge in [-0.2, -0.15) is 0 Å². The Balaban J connectivity index is 2.32. The van der Waals surface area contributed by atoms with Gasteiger partial charge in [0.2, 0.25) is 0 Å². The summed E-state index contributed by atoms with van der Waals surface area (Å²) in [7, 11) is 0. The van der Waals surface area contributed by atoms with Gasteiger partial charge in [0.25, 0.3) is 11.6 Å². The van der Waals surface area contributed by atoms with Crippen LogP contribution in [-0.4, -0.2) is 10.8 Å². The molecule has 5 nitrogen and oxygen atoms in total. The number of halogens is 3. The number of rotatable bonds is 3. The largest absolute Gasteiger partial charge is 0.321 e. The number of nitrogens with one attached hydrogen (secondary N) is 1. The number of non-ortho nitro benzene ring substituents is 1. The molecular formula is C13H7ClFIN2O3. The quantitative estimate of drug-likeness (QED) is 0.458. The van der Waals surface area contributed by atoms with Gasteiger partial charge in [-0.15, -0.1) is 0 Å². The zero-order valence-corrected chi connectivity index (χ0v) is 13.2. The molecule has 0 saturated carbocycles. The second kappa shape index (κ2) is 6.35. The highest BCUT2D eigenvalue weighted by molar-refractivity contribution is 14.1. The zero-order valence-electron chi connectivity index (χ0n) is 10.3. The molecule has 1 amide bonds. The fourth-order valence-corrected chi connectivity index (χ4v) is 2.38. The average Bonchev–Trinajstić information content (AvgIpc) is 2.42. The van der Waals surface area contributed by atoms with Crippen molar-refractivity contribution in [1.29, 1.82) is 0 Å². The number of benzene rings is 2. The minimum atomic E-state index is -0.586. The second-order valence-electron chi connectivity index (χ2n) is 4.00. The van der Waals surface area contributed by atoms with Gasteiger partial charge in [0, 0.05) is 15.7 Å². The van der Waals surface area contributed by atoms with Crippen LogP contribution in [0.25, 0.3) is 0 Å². The molecule has 2 aromatic rings. The van der Waals surface area contributed by atoms with Gasteiger partial charge in [-0.25, -0.2) is 4.39 Å². The Labute approximate surface area is 137 Å². The Bertz CT molecular complexity index is 739. The van der Waals surface area contributed by atoms with Crippen LogP contribution < -0.4 is 5.32 Å². The summed E-state index contributed by atoms with van der Waals surface area (Å²) in [6.45, 7) is 0. The third-order valence-electron chi connectivity index (χ3n) is 2.58. The van der Waals surface area contributed by atoms with Crippen molar-refractivity contribution in [2.24, 2.45) is 0 Å². The Kier molecular flexibility index (Phi) is 4.73. The first-order chi connectivity index (χ1) is 9.88. The molecule has 0 aliphatic carbocycles. The van der Waals surface area contributed by atoms with Gasteiger partial charge in [-0.05, 0) is 46.9 Å². The molecule has 0 aliphatic rings. The van der Waals surface area contributed by atoms with E-state index in [9.17, 15) is 19.3 Å². The van der Waals surface area contributed by atoms with E-state index in [1.54, 1.807) is 0 Å². The lowest BCUT2D eigenvalue weighted by Gasteiger charge is -2.08. The van der Waals surface area contributed by atoms with Gasteiger partial charge in [0.05, 0.1) is 21.2 Å². The normalized spacial score (nSPS) is 10.2. The van der Waals surface area contributed by atoms with E-state index in [1.165, 1.54) is 24.3 Å². The van der Waals surface area contributed by atoms with Gasteiger partial charge in [-0.3, -0.25) is 14.9 Å². The monoisotopic (exact) mass is 420 g/mol. The number of hydrogen-bond donors (Lipinski definition) is 1. The average molecular weight is 421 g/mol. The molecule has 0 bridgehead atoms. The Morgan fingerprint density at radius 2 is 2.00 bits per heavy atom. The molecule has 2 aromatic carbocycles. The van der Waals surface area contributed by atoms with Gasteiger partial charge in [0.1, 0.15) is 5.82 Å². The van der Waals surface area contributed by atoms with Crippen molar-refractivity contribution in [3.63, 3.8) is 0 Å². The van der Waals surface area contributed by atoms with Crippen molar-refractivity contribution in [2.75, 3.05) is 5.32 Å². The molecule has 21 heavy (non-hydrogen) atoms.